The van der Waals surface area contributed by atoms with Crippen LogP contribution < -0.4 is 0 Å². The van der Waals surface area contributed by atoms with E-state index in [0.717, 1.165) is 0 Å². The molecule has 0 amide bonds. The molecular formula is C11H13F11. The van der Waals surface area contributed by atoms with Gasteiger partial charge < -0.3 is 0 Å². The zero-order chi connectivity index (χ0) is 18.0. The second-order valence-electron chi connectivity index (χ2n) is 4.74. The Balaban J connectivity index is 5.62. The molecule has 0 rings (SSSR count). The quantitative estimate of drug-likeness (QED) is 0.385. The van der Waals surface area contributed by atoms with E-state index in [1.54, 1.807) is 6.92 Å². The van der Waals surface area contributed by atoms with Gasteiger partial charge in [0.05, 0.1) is 0 Å². The van der Waals surface area contributed by atoms with Crippen molar-refractivity contribution >= 4 is 0 Å². The van der Waals surface area contributed by atoms with Gasteiger partial charge in [-0.3, -0.25) is 0 Å². The first-order valence-corrected chi connectivity index (χ1v) is 6.14. The maximum Gasteiger partial charge on any atom is 0.438 e. The zero-order valence-electron chi connectivity index (χ0n) is 11.2. The highest BCUT2D eigenvalue weighted by molar-refractivity contribution is 5.10. The van der Waals surface area contributed by atoms with Gasteiger partial charge >= 0.3 is 29.9 Å². The smallest absolute Gasteiger partial charge is 0.216 e. The molecule has 0 bridgehead atoms. The number of hydrogen-bond acceptors (Lipinski definition) is 0. The number of hydrogen-bond donors (Lipinski definition) is 0. The van der Waals surface area contributed by atoms with Crippen molar-refractivity contribution in [1.29, 1.82) is 0 Å². The molecule has 0 N–H and O–H groups in total. The molecular weight excluding hydrogens is 341 g/mol. The van der Waals surface area contributed by atoms with Crippen molar-refractivity contribution in [3.8, 4) is 0 Å². The first-order chi connectivity index (χ1) is 9.56. The van der Waals surface area contributed by atoms with E-state index in [-0.39, 0.29) is 12.8 Å². The van der Waals surface area contributed by atoms with Crippen molar-refractivity contribution < 1.29 is 48.3 Å². The number of halogens is 11. The van der Waals surface area contributed by atoms with Crippen LogP contribution in [0.4, 0.5) is 48.3 Å². The topological polar surface area (TPSA) is 0 Å². The average Bonchev–Trinajstić information content (AvgIpc) is 2.30. The summed E-state index contributed by atoms with van der Waals surface area (Å²) >= 11 is 0. The summed E-state index contributed by atoms with van der Waals surface area (Å²) in [7, 11) is 0. The molecule has 0 heterocycles. The van der Waals surface area contributed by atoms with Gasteiger partial charge in [0.25, 0.3) is 0 Å². The van der Waals surface area contributed by atoms with Crippen LogP contribution in [0.25, 0.3) is 0 Å². The zero-order valence-corrected chi connectivity index (χ0v) is 11.2. The maximum atomic E-state index is 13.2. The molecule has 11 heteroatoms. The van der Waals surface area contributed by atoms with Crippen LogP contribution in [0.1, 0.15) is 39.0 Å². The highest BCUT2D eigenvalue weighted by Crippen LogP contribution is 2.59. The second kappa shape index (κ2) is 6.38. The summed E-state index contributed by atoms with van der Waals surface area (Å²) in [6.45, 7) is 1.60. The van der Waals surface area contributed by atoms with Crippen LogP contribution >= 0.6 is 0 Å². The second-order valence-corrected chi connectivity index (χ2v) is 4.74. The molecule has 0 saturated carbocycles. The van der Waals surface area contributed by atoms with Gasteiger partial charge in [0.2, 0.25) is 0 Å². The average molecular weight is 354 g/mol. The standard InChI is InChI=1S/C11H13F11/c1-2-3-4-5-6-7(12,13)9(15,16)8(14,10(17,18)19)11(20,21)22/h2-6H2,1H3. The minimum atomic E-state index is -7.33. The van der Waals surface area contributed by atoms with Gasteiger partial charge in [-0.05, 0) is 6.42 Å². The third-order valence-corrected chi connectivity index (χ3v) is 3.02. The summed E-state index contributed by atoms with van der Waals surface area (Å²) in [6.07, 6.45) is -16.6. The molecule has 134 valence electrons. The first kappa shape index (κ1) is 21.2. The van der Waals surface area contributed by atoms with Gasteiger partial charge in [-0.2, -0.15) is 43.9 Å². The number of alkyl halides is 11. The lowest BCUT2D eigenvalue weighted by atomic mass is 9.88. The molecule has 0 aliphatic carbocycles. The van der Waals surface area contributed by atoms with Crippen LogP contribution in [-0.2, 0) is 0 Å². The summed E-state index contributed by atoms with van der Waals surface area (Å²) in [4.78, 5) is 0. The monoisotopic (exact) mass is 354 g/mol. The summed E-state index contributed by atoms with van der Waals surface area (Å²) < 4.78 is 139. The molecule has 0 spiro atoms. The molecule has 0 aromatic rings. The van der Waals surface area contributed by atoms with Crippen molar-refractivity contribution in [2.24, 2.45) is 0 Å². The summed E-state index contributed by atoms with van der Waals surface area (Å²) in [6, 6.07) is 0. The lowest BCUT2D eigenvalue weighted by Crippen LogP contribution is -2.70. The Labute approximate surface area is 118 Å². The molecule has 0 unspecified atom stereocenters. The predicted octanol–water partition coefficient (Wildman–Crippen LogP) is 6.06. The maximum absolute atomic E-state index is 13.2. The SMILES string of the molecule is CCCCCCC(F)(F)C(F)(F)C(F)(C(F)(F)F)C(F)(F)F. The van der Waals surface area contributed by atoms with Crippen LogP contribution in [0.15, 0.2) is 0 Å². The predicted molar refractivity (Wildman–Crippen MR) is 54.6 cm³/mol. The summed E-state index contributed by atoms with van der Waals surface area (Å²) in [5, 5.41) is 0. The van der Waals surface area contributed by atoms with Gasteiger partial charge in [-0.25, -0.2) is 4.39 Å². The highest BCUT2D eigenvalue weighted by atomic mass is 19.4. The molecule has 22 heavy (non-hydrogen) atoms. The molecule has 0 aromatic heterocycles. The summed E-state index contributed by atoms with van der Waals surface area (Å²) in [5.74, 6) is -12.8. The molecule has 0 aromatic carbocycles. The van der Waals surface area contributed by atoms with Crippen molar-refractivity contribution in [3.63, 3.8) is 0 Å². The van der Waals surface area contributed by atoms with Crippen LogP contribution in [0, 0.1) is 0 Å². The van der Waals surface area contributed by atoms with Crippen LogP contribution in [-0.4, -0.2) is 29.9 Å². The van der Waals surface area contributed by atoms with Crippen LogP contribution in [0.2, 0.25) is 0 Å². The van der Waals surface area contributed by atoms with Crippen molar-refractivity contribution in [1.82, 2.24) is 0 Å². The van der Waals surface area contributed by atoms with E-state index in [4.69, 9.17) is 0 Å². The van der Waals surface area contributed by atoms with Crippen LogP contribution in [0.5, 0.6) is 0 Å². The lowest BCUT2D eigenvalue weighted by molar-refractivity contribution is -0.427. The van der Waals surface area contributed by atoms with Crippen LogP contribution in [0.3, 0.4) is 0 Å². The molecule has 0 saturated heterocycles. The Morgan fingerprint density at radius 2 is 1.00 bits per heavy atom. The van der Waals surface area contributed by atoms with Crippen molar-refractivity contribution in [2.75, 3.05) is 0 Å². The van der Waals surface area contributed by atoms with E-state index in [0.29, 0.717) is 6.42 Å². The Bertz CT molecular complexity index is 338. The minimum absolute atomic E-state index is 0.112. The largest absolute Gasteiger partial charge is 0.438 e. The van der Waals surface area contributed by atoms with Crippen molar-refractivity contribution in [2.45, 2.75) is 68.9 Å². The molecule has 0 fully saturated rings. The number of unbranched alkanes of at least 4 members (excludes halogenated alkanes) is 3. The van der Waals surface area contributed by atoms with E-state index < -0.39 is 42.7 Å². The van der Waals surface area contributed by atoms with Gasteiger partial charge in [0, 0.05) is 6.42 Å². The van der Waals surface area contributed by atoms with E-state index in [1.807, 2.05) is 0 Å². The minimum Gasteiger partial charge on any atom is -0.216 e. The Morgan fingerprint density at radius 3 is 1.32 bits per heavy atom. The molecule has 0 atom stereocenters. The fraction of sp³-hybridized carbons (Fsp3) is 1.00. The van der Waals surface area contributed by atoms with Gasteiger partial charge in [0.1, 0.15) is 0 Å². The summed E-state index contributed by atoms with van der Waals surface area (Å²) in [5.41, 5.74) is -7.33. The van der Waals surface area contributed by atoms with Gasteiger partial charge in [0.15, 0.2) is 0 Å². The Morgan fingerprint density at radius 1 is 0.591 bits per heavy atom. The lowest BCUT2D eigenvalue weighted by Gasteiger charge is -2.39. The molecule has 0 radical (unpaired) electrons. The van der Waals surface area contributed by atoms with Gasteiger partial charge in [-0.15, -0.1) is 0 Å². The first-order valence-electron chi connectivity index (χ1n) is 6.14. The molecule has 0 aliphatic rings. The Kier molecular flexibility index (Phi) is 6.16. The molecule has 0 aliphatic heterocycles. The fourth-order valence-electron chi connectivity index (χ4n) is 1.70. The van der Waals surface area contributed by atoms with E-state index in [9.17, 15) is 48.3 Å². The Hall–Kier alpha value is -0.770. The fourth-order valence-corrected chi connectivity index (χ4v) is 1.70. The number of rotatable bonds is 7. The normalized spacial score (nSPS) is 15.3. The van der Waals surface area contributed by atoms with E-state index in [2.05, 4.69) is 0 Å². The van der Waals surface area contributed by atoms with E-state index >= 15 is 0 Å². The third-order valence-electron chi connectivity index (χ3n) is 3.02. The van der Waals surface area contributed by atoms with E-state index in [1.165, 1.54) is 0 Å². The third kappa shape index (κ3) is 3.58. The molecule has 0 nitrogen and oxygen atoms in total. The van der Waals surface area contributed by atoms with Gasteiger partial charge in [-0.1, -0.05) is 26.2 Å². The van der Waals surface area contributed by atoms with Crippen molar-refractivity contribution in [3.05, 3.63) is 0 Å². The highest BCUT2D eigenvalue weighted by Gasteiger charge is 2.89.